The highest BCUT2D eigenvalue weighted by Crippen LogP contribution is 2.26. The minimum absolute atomic E-state index is 0.00660. The van der Waals surface area contributed by atoms with Gasteiger partial charge in [0.15, 0.2) is 0 Å². The third kappa shape index (κ3) is 1.76. The van der Waals surface area contributed by atoms with Gasteiger partial charge in [-0.2, -0.15) is 0 Å². The minimum atomic E-state index is -0.00660. The average Bonchev–Trinajstić information content (AvgIpc) is 2.28. The zero-order valence-corrected chi connectivity index (χ0v) is 9.95. The molecule has 0 aliphatic rings. The molecule has 0 aromatic heterocycles. The minimum Gasteiger partial charge on any atom is -0.345 e. The number of hydrogen-bond donors (Lipinski definition) is 0. The van der Waals surface area contributed by atoms with Crippen LogP contribution in [0.1, 0.15) is 10.4 Å². The number of carbonyl (C=O) groups excluding carboxylic acids is 1. The van der Waals surface area contributed by atoms with Crippen molar-refractivity contribution in [2.24, 2.45) is 0 Å². The number of fused-ring (bicyclic) bond motifs is 1. The largest absolute Gasteiger partial charge is 0.345 e. The number of nitrogens with zero attached hydrogens (tertiary/aromatic N) is 1. The van der Waals surface area contributed by atoms with Crippen LogP contribution >= 0.6 is 11.6 Å². The Bertz CT molecular complexity index is 549. The predicted octanol–water partition coefficient (Wildman–Crippen LogP) is 3.20. The number of benzene rings is 2. The molecular weight excluding hydrogens is 222 g/mol. The van der Waals surface area contributed by atoms with Crippen molar-refractivity contribution < 1.29 is 4.79 Å². The fraction of sp³-hybridized carbons (Fsp3) is 0.154. The summed E-state index contributed by atoms with van der Waals surface area (Å²) >= 11 is 6.09. The van der Waals surface area contributed by atoms with Gasteiger partial charge in [0, 0.05) is 30.1 Å². The molecule has 0 bridgehead atoms. The van der Waals surface area contributed by atoms with Gasteiger partial charge in [0.25, 0.3) is 5.91 Å². The van der Waals surface area contributed by atoms with Gasteiger partial charge in [0.1, 0.15) is 0 Å². The fourth-order valence-corrected chi connectivity index (χ4v) is 1.94. The van der Waals surface area contributed by atoms with Crippen LogP contribution in [0.4, 0.5) is 0 Å². The first-order valence-corrected chi connectivity index (χ1v) is 5.38. The van der Waals surface area contributed by atoms with Crippen LogP contribution in [0.25, 0.3) is 10.8 Å². The molecule has 0 N–H and O–H groups in total. The van der Waals surface area contributed by atoms with E-state index in [9.17, 15) is 4.79 Å². The Morgan fingerprint density at radius 1 is 1.06 bits per heavy atom. The summed E-state index contributed by atoms with van der Waals surface area (Å²) in [6, 6.07) is 11.2. The van der Waals surface area contributed by atoms with E-state index in [1.54, 1.807) is 19.0 Å². The molecular formula is C13H12ClNO. The first-order valence-electron chi connectivity index (χ1n) is 5.00. The maximum Gasteiger partial charge on any atom is 0.253 e. The molecule has 0 unspecified atom stereocenters. The summed E-state index contributed by atoms with van der Waals surface area (Å²) in [6.45, 7) is 0. The molecule has 2 nitrogen and oxygen atoms in total. The Labute approximate surface area is 99.4 Å². The molecule has 1 amide bonds. The second kappa shape index (κ2) is 4.14. The number of carbonyl (C=O) groups is 1. The highest BCUT2D eigenvalue weighted by Gasteiger charge is 2.12. The van der Waals surface area contributed by atoms with Crippen LogP contribution in [0.3, 0.4) is 0 Å². The van der Waals surface area contributed by atoms with E-state index >= 15 is 0 Å². The van der Waals surface area contributed by atoms with Crippen LogP contribution in [0, 0.1) is 0 Å². The summed E-state index contributed by atoms with van der Waals surface area (Å²) in [7, 11) is 3.48. The van der Waals surface area contributed by atoms with Crippen molar-refractivity contribution in [1.82, 2.24) is 4.90 Å². The molecule has 0 saturated carbocycles. The lowest BCUT2D eigenvalue weighted by Gasteiger charge is -2.12. The number of rotatable bonds is 1. The van der Waals surface area contributed by atoms with E-state index < -0.39 is 0 Å². The summed E-state index contributed by atoms with van der Waals surface area (Å²) in [5.74, 6) is -0.00660. The van der Waals surface area contributed by atoms with Crippen molar-refractivity contribution in [3.8, 4) is 0 Å². The molecule has 0 spiro atoms. The van der Waals surface area contributed by atoms with E-state index in [0.29, 0.717) is 10.6 Å². The van der Waals surface area contributed by atoms with Gasteiger partial charge in [-0.25, -0.2) is 0 Å². The number of amides is 1. The Kier molecular flexibility index (Phi) is 2.84. The molecule has 3 heteroatoms. The Hall–Kier alpha value is -1.54. The monoisotopic (exact) mass is 233 g/mol. The predicted molar refractivity (Wildman–Crippen MR) is 67.0 cm³/mol. The SMILES string of the molecule is CN(C)C(=O)c1cccc2c(Cl)cccc12. The van der Waals surface area contributed by atoms with Gasteiger partial charge in [-0.05, 0) is 17.5 Å². The third-order valence-electron chi connectivity index (χ3n) is 2.51. The fourth-order valence-electron chi connectivity index (χ4n) is 1.70. The smallest absolute Gasteiger partial charge is 0.253 e. The highest BCUT2D eigenvalue weighted by atomic mass is 35.5. The molecule has 0 atom stereocenters. The first-order chi connectivity index (χ1) is 7.61. The van der Waals surface area contributed by atoms with Gasteiger partial charge in [-0.1, -0.05) is 35.9 Å². The Morgan fingerprint density at radius 3 is 2.38 bits per heavy atom. The standard InChI is InChI=1S/C13H12ClNO/c1-15(2)13(16)11-7-3-6-10-9(11)5-4-8-12(10)14/h3-8H,1-2H3. The molecule has 2 rings (SSSR count). The van der Waals surface area contributed by atoms with Crippen molar-refractivity contribution in [3.05, 3.63) is 47.0 Å². The maximum atomic E-state index is 12.0. The van der Waals surface area contributed by atoms with Gasteiger partial charge in [-0.15, -0.1) is 0 Å². The van der Waals surface area contributed by atoms with Crippen LogP contribution in [-0.4, -0.2) is 24.9 Å². The molecule has 0 aliphatic heterocycles. The van der Waals surface area contributed by atoms with Crippen molar-refractivity contribution in [2.75, 3.05) is 14.1 Å². The molecule has 0 radical (unpaired) electrons. The molecule has 2 aromatic rings. The topological polar surface area (TPSA) is 20.3 Å². The van der Waals surface area contributed by atoms with Crippen LogP contribution in [0.5, 0.6) is 0 Å². The lowest BCUT2D eigenvalue weighted by atomic mass is 10.0. The summed E-state index contributed by atoms with van der Waals surface area (Å²) in [5.41, 5.74) is 0.685. The Balaban J connectivity index is 2.72. The van der Waals surface area contributed by atoms with E-state index in [4.69, 9.17) is 11.6 Å². The van der Waals surface area contributed by atoms with Gasteiger partial charge in [0.05, 0.1) is 0 Å². The molecule has 82 valence electrons. The summed E-state index contributed by atoms with van der Waals surface area (Å²) in [5, 5.41) is 2.48. The molecule has 0 heterocycles. The van der Waals surface area contributed by atoms with Crippen molar-refractivity contribution >= 4 is 28.3 Å². The lowest BCUT2D eigenvalue weighted by Crippen LogP contribution is -2.21. The van der Waals surface area contributed by atoms with Crippen LogP contribution in [-0.2, 0) is 0 Å². The summed E-state index contributed by atoms with van der Waals surface area (Å²) in [6.07, 6.45) is 0. The van der Waals surface area contributed by atoms with E-state index in [1.165, 1.54) is 0 Å². The molecule has 2 aromatic carbocycles. The van der Waals surface area contributed by atoms with Gasteiger partial charge in [-0.3, -0.25) is 4.79 Å². The quantitative estimate of drug-likeness (QED) is 0.741. The summed E-state index contributed by atoms with van der Waals surface area (Å²) < 4.78 is 0. The van der Waals surface area contributed by atoms with Crippen LogP contribution in [0.2, 0.25) is 5.02 Å². The maximum absolute atomic E-state index is 12.0. The highest BCUT2D eigenvalue weighted by molar-refractivity contribution is 6.36. The normalized spacial score (nSPS) is 10.4. The van der Waals surface area contributed by atoms with Crippen molar-refractivity contribution in [1.29, 1.82) is 0 Å². The van der Waals surface area contributed by atoms with E-state index in [0.717, 1.165) is 10.8 Å². The van der Waals surface area contributed by atoms with Crippen LogP contribution in [0.15, 0.2) is 36.4 Å². The van der Waals surface area contributed by atoms with E-state index in [-0.39, 0.29) is 5.91 Å². The van der Waals surface area contributed by atoms with Crippen LogP contribution < -0.4 is 0 Å². The second-order valence-corrected chi connectivity index (χ2v) is 4.25. The molecule has 0 fully saturated rings. The van der Waals surface area contributed by atoms with Crippen molar-refractivity contribution in [3.63, 3.8) is 0 Å². The third-order valence-corrected chi connectivity index (χ3v) is 2.84. The average molecular weight is 234 g/mol. The molecule has 0 saturated heterocycles. The van der Waals surface area contributed by atoms with Gasteiger partial charge < -0.3 is 4.90 Å². The lowest BCUT2D eigenvalue weighted by molar-refractivity contribution is 0.0829. The van der Waals surface area contributed by atoms with Crippen molar-refractivity contribution in [2.45, 2.75) is 0 Å². The van der Waals surface area contributed by atoms with Gasteiger partial charge >= 0.3 is 0 Å². The van der Waals surface area contributed by atoms with E-state index in [1.807, 2.05) is 36.4 Å². The van der Waals surface area contributed by atoms with Gasteiger partial charge in [0.2, 0.25) is 0 Å². The zero-order valence-electron chi connectivity index (χ0n) is 9.20. The summed E-state index contributed by atoms with van der Waals surface area (Å²) in [4.78, 5) is 13.5. The van der Waals surface area contributed by atoms with E-state index in [2.05, 4.69) is 0 Å². The molecule has 16 heavy (non-hydrogen) atoms. The zero-order chi connectivity index (χ0) is 11.7. The second-order valence-electron chi connectivity index (χ2n) is 3.84. The first kappa shape index (κ1) is 11.0. The number of hydrogen-bond acceptors (Lipinski definition) is 1. The number of halogens is 1. The molecule has 0 aliphatic carbocycles. The Morgan fingerprint density at radius 2 is 1.69 bits per heavy atom.